The minimum Gasteiger partial charge on any atom is -0.486 e. The molecule has 0 saturated carbocycles. The number of aryl methyl sites for hydroxylation is 2. The number of amides is 1. The molecule has 8 heteroatoms. The Labute approximate surface area is 158 Å². The Morgan fingerprint density at radius 1 is 1.11 bits per heavy atom. The van der Waals surface area contributed by atoms with Gasteiger partial charge in [0.1, 0.15) is 12.7 Å². The van der Waals surface area contributed by atoms with Gasteiger partial charge in [0, 0.05) is 0 Å². The molecule has 3 rings (SSSR count). The summed E-state index contributed by atoms with van der Waals surface area (Å²) < 4.78 is 38.2. The number of carbonyl (C=O) groups is 1. The van der Waals surface area contributed by atoms with Crippen molar-refractivity contribution >= 4 is 15.9 Å². The van der Waals surface area contributed by atoms with E-state index in [2.05, 4.69) is 10.0 Å². The Balaban J connectivity index is 1.49. The number of hydrogen-bond acceptors (Lipinski definition) is 5. The fourth-order valence-corrected chi connectivity index (χ4v) is 3.65. The van der Waals surface area contributed by atoms with Crippen molar-refractivity contribution < 1.29 is 22.7 Å². The van der Waals surface area contributed by atoms with Crippen molar-refractivity contribution in [1.82, 2.24) is 10.0 Å². The molecule has 1 aliphatic rings. The number of fused-ring (bicyclic) bond motifs is 1. The van der Waals surface area contributed by atoms with E-state index in [4.69, 9.17) is 9.47 Å². The molecule has 0 saturated heterocycles. The maximum Gasteiger partial charge on any atom is 0.241 e. The molecule has 1 aliphatic heterocycles. The molecule has 0 fully saturated rings. The topological polar surface area (TPSA) is 93.7 Å². The van der Waals surface area contributed by atoms with Gasteiger partial charge in [-0.05, 0) is 49.2 Å². The van der Waals surface area contributed by atoms with Crippen LogP contribution in [-0.2, 0) is 14.8 Å². The maximum atomic E-state index is 12.3. The van der Waals surface area contributed by atoms with E-state index in [1.807, 2.05) is 32.0 Å². The molecule has 2 N–H and O–H groups in total. The summed E-state index contributed by atoms with van der Waals surface area (Å²) in [6, 6.07) is 12.1. The second kappa shape index (κ2) is 7.98. The van der Waals surface area contributed by atoms with Crippen LogP contribution in [0.1, 0.15) is 11.1 Å². The van der Waals surface area contributed by atoms with Gasteiger partial charge in [-0.3, -0.25) is 4.79 Å². The van der Waals surface area contributed by atoms with Crippen LogP contribution in [0.15, 0.2) is 47.4 Å². The third kappa shape index (κ3) is 4.78. The number of para-hydroxylation sites is 2. The largest absolute Gasteiger partial charge is 0.486 e. The van der Waals surface area contributed by atoms with Crippen molar-refractivity contribution in [3.63, 3.8) is 0 Å². The van der Waals surface area contributed by atoms with Gasteiger partial charge < -0.3 is 14.8 Å². The van der Waals surface area contributed by atoms with Crippen LogP contribution in [0, 0.1) is 13.8 Å². The molecule has 0 spiro atoms. The summed E-state index contributed by atoms with van der Waals surface area (Å²) in [4.78, 5) is 12.1. The van der Waals surface area contributed by atoms with Crippen molar-refractivity contribution in [3.8, 4) is 11.5 Å². The molecule has 1 amide bonds. The summed E-state index contributed by atoms with van der Waals surface area (Å²) in [7, 11) is -3.74. The van der Waals surface area contributed by atoms with Crippen LogP contribution in [0.5, 0.6) is 11.5 Å². The molecule has 1 heterocycles. The first-order chi connectivity index (χ1) is 12.8. The van der Waals surface area contributed by atoms with E-state index < -0.39 is 15.9 Å². The summed E-state index contributed by atoms with van der Waals surface area (Å²) in [5, 5.41) is 2.66. The SMILES string of the molecule is Cc1ccc(S(=O)(=O)NCC(=O)NC[C@H]2COc3ccccc3O2)cc1C. The Kier molecular flexibility index (Phi) is 5.67. The monoisotopic (exact) mass is 390 g/mol. The highest BCUT2D eigenvalue weighted by Crippen LogP contribution is 2.30. The van der Waals surface area contributed by atoms with Crippen LogP contribution in [0.4, 0.5) is 0 Å². The molecule has 0 aromatic heterocycles. The first-order valence-corrected chi connectivity index (χ1v) is 10.1. The summed E-state index contributed by atoms with van der Waals surface area (Å²) in [6.45, 7) is 3.93. The zero-order valence-electron chi connectivity index (χ0n) is 15.2. The lowest BCUT2D eigenvalue weighted by molar-refractivity contribution is -0.120. The standard InChI is InChI=1S/C19H22N2O5S/c1-13-7-8-16(9-14(13)2)27(23,24)21-11-19(22)20-10-15-12-25-17-5-3-4-6-18(17)26-15/h3-9,15,21H,10-12H2,1-2H3,(H,20,22)/t15-/m0/s1. The second-order valence-electron chi connectivity index (χ2n) is 6.37. The molecule has 7 nitrogen and oxygen atoms in total. The number of hydrogen-bond donors (Lipinski definition) is 2. The van der Waals surface area contributed by atoms with Crippen molar-refractivity contribution in [2.75, 3.05) is 19.7 Å². The van der Waals surface area contributed by atoms with Gasteiger partial charge in [-0.25, -0.2) is 13.1 Å². The smallest absolute Gasteiger partial charge is 0.241 e. The predicted octanol–water partition coefficient (Wildman–Crippen LogP) is 1.54. The highest BCUT2D eigenvalue weighted by atomic mass is 32.2. The Hall–Kier alpha value is -2.58. The summed E-state index contributed by atoms with van der Waals surface area (Å²) in [6.07, 6.45) is -0.333. The van der Waals surface area contributed by atoms with Crippen LogP contribution < -0.4 is 19.5 Å². The van der Waals surface area contributed by atoms with Crippen molar-refractivity contribution in [1.29, 1.82) is 0 Å². The molecule has 2 aromatic carbocycles. The van der Waals surface area contributed by atoms with Crippen molar-refractivity contribution in [2.24, 2.45) is 0 Å². The molecule has 0 unspecified atom stereocenters. The van der Waals surface area contributed by atoms with Crippen LogP contribution in [0.25, 0.3) is 0 Å². The molecule has 0 bridgehead atoms. The molecule has 27 heavy (non-hydrogen) atoms. The van der Waals surface area contributed by atoms with Gasteiger partial charge in [0.25, 0.3) is 0 Å². The fraction of sp³-hybridized carbons (Fsp3) is 0.316. The van der Waals surface area contributed by atoms with Crippen LogP contribution in [-0.4, -0.2) is 40.1 Å². The Morgan fingerprint density at radius 2 is 1.85 bits per heavy atom. The van der Waals surface area contributed by atoms with Gasteiger partial charge in [-0.2, -0.15) is 0 Å². The zero-order chi connectivity index (χ0) is 19.4. The first-order valence-electron chi connectivity index (χ1n) is 8.57. The quantitative estimate of drug-likeness (QED) is 0.780. The number of nitrogens with one attached hydrogen (secondary N) is 2. The fourth-order valence-electron chi connectivity index (χ4n) is 2.58. The minimum atomic E-state index is -3.74. The third-order valence-corrected chi connectivity index (χ3v) is 5.70. The Bertz CT molecular complexity index is 943. The van der Waals surface area contributed by atoms with Crippen molar-refractivity contribution in [2.45, 2.75) is 24.8 Å². The van der Waals surface area contributed by atoms with E-state index in [1.54, 1.807) is 18.2 Å². The molecule has 0 aliphatic carbocycles. The molecule has 144 valence electrons. The second-order valence-corrected chi connectivity index (χ2v) is 8.14. The number of carbonyl (C=O) groups excluding carboxylic acids is 1. The highest BCUT2D eigenvalue weighted by Gasteiger charge is 2.21. The van der Waals surface area contributed by atoms with Gasteiger partial charge in [0.15, 0.2) is 11.5 Å². The van der Waals surface area contributed by atoms with Gasteiger partial charge in [-0.1, -0.05) is 18.2 Å². The molecular weight excluding hydrogens is 368 g/mol. The van der Waals surface area contributed by atoms with Gasteiger partial charge in [-0.15, -0.1) is 0 Å². The van der Waals surface area contributed by atoms with E-state index in [0.29, 0.717) is 18.1 Å². The predicted molar refractivity (Wildman–Crippen MR) is 100 cm³/mol. The average molecular weight is 390 g/mol. The third-order valence-electron chi connectivity index (χ3n) is 4.31. The van der Waals surface area contributed by atoms with E-state index in [-0.39, 0.29) is 24.1 Å². The van der Waals surface area contributed by atoms with Crippen molar-refractivity contribution in [3.05, 3.63) is 53.6 Å². The van der Waals surface area contributed by atoms with Gasteiger partial charge in [0.2, 0.25) is 15.9 Å². The minimum absolute atomic E-state index is 0.138. The molecular formula is C19H22N2O5S. The molecule has 1 atom stereocenters. The highest BCUT2D eigenvalue weighted by molar-refractivity contribution is 7.89. The normalized spacial score (nSPS) is 16.0. The van der Waals surface area contributed by atoms with E-state index in [1.165, 1.54) is 6.07 Å². The molecule has 0 radical (unpaired) electrons. The van der Waals surface area contributed by atoms with E-state index >= 15 is 0 Å². The zero-order valence-corrected chi connectivity index (χ0v) is 16.0. The van der Waals surface area contributed by atoms with Gasteiger partial charge >= 0.3 is 0 Å². The van der Waals surface area contributed by atoms with E-state index in [9.17, 15) is 13.2 Å². The van der Waals surface area contributed by atoms with Crippen LogP contribution in [0.3, 0.4) is 0 Å². The lowest BCUT2D eigenvalue weighted by Gasteiger charge is -2.26. The Morgan fingerprint density at radius 3 is 2.59 bits per heavy atom. The van der Waals surface area contributed by atoms with Crippen LogP contribution >= 0.6 is 0 Å². The summed E-state index contributed by atoms with van der Waals surface area (Å²) in [5.74, 6) is 0.851. The van der Waals surface area contributed by atoms with E-state index in [0.717, 1.165) is 11.1 Å². The number of benzene rings is 2. The molecule has 2 aromatic rings. The number of rotatable bonds is 6. The maximum absolute atomic E-state index is 12.3. The van der Waals surface area contributed by atoms with Gasteiger partial charge in [0.05, 0.1) is 18.0 Å². The summed E-state index contributed by atoms with van der Waals surface area (Å²) in [5.41, 5.74) is 1.88. The number of ether oxygens (including phenoxy) is 2. The first kappa shape index (κ1) is 19.2. The lowest BCUT2D eigenvalue weighted by Crippen LogP contribution is -2.44. The number of sulfonamides is 1. The van der Waals surface area contributed by atoms with Crippen LogP contribution in [0.2, 0.25) is 0 Å². The summed E-state index contributed by atoms with van der Waals surface area (Å²) >= 11 is 0. The average Bonchev–Trinajstić information content (AvgIpc) is 2.66. The lowest BCUT2D eigenvalue weighted by atomic mass is 10.1.